The summed E-state index contributed by atoms with van der Waals surface area (Å²) in [6.45, 7) is 0.427. The number of nitrogens with one attached hydrogen (secondary N) is 1. The molecule has 5 aromatic rings. The van der Waals surface area contributed by atoms with Crippen molar-refractivity contribution in [1.82, 2.24) is 33.9 Å². The monoisotopic (exact) mass is 520 g/mol. The minimum Gasteiger partial charge on any atom is -0.480 e. The number of methoxy groups -OCH3 is 1. The third-order valence-electron chi connectivity index (χ3n) is 6.44. The van der Waals surface area contributed by atoms with Gasteiger partial charge in [0.05, 0.1) is 12.8 Å². The minimum atomic E-state index is -4.49. The Kier molecular flexibility index (Phi) is 5.73. The van der Waals surface area contributed by atoms with Gasteiger partial charge in [-0.3, -0.25) is 4.40 Å². The molecule has 1 aliphatic rings. The van der Waals surface area contributed by atoms with Gasteiger partial charge in [0.2, 0.25) is 11.8 Å². The van der Waals surface area contributed by atoms with Crippen LogP contribution >= 0.6 is 0 Å². The normalized spacial score (nSPS) is 13.7. The fourth-order valence-electron chi connectivity index (χ4n) is 4.40. The van der Waals surface area contributed by atoms with E-state index in [-0.39, 0.29) is 5.82 Å². The first-order chi connectivity index (χ1) is 18.3. The lowest BCUT2D eigenvalue weighted by atomic mass is 10.1. The van der Waals surface area contributed by atoms with Crippen LogP contribution < -0.4 is 10.1 Å². The van der Waals surface area contributed by atoms with Crippen LogP contribution in [0.15, 0.2) is 55.1 Å². The maximum atomic E-state index is 13.0. The van der Waals surface area contributed by atoms with Crippen LogP contribution in [0.1, 0.15) is 35.7 Å². The van der Waals surface area contributed by atoms with Crippen LogP contribution in [0.5, 0.6) is 5.88 Å². The molecule has 1 aromatic carbocycles. The van der Waals surface area contributed by atoms with Crippen LogP contribution in [0, 0.1) is 0 Å². The van der Waals surface area contributed by atoms with Crippen molar-refractivity contribution in [1.29, 1.82) is 0 Å². The molecule has 1 fully saturated rings. The number of hydrogen-bond donors (Lipinski definition) is 1. The molecule has 9 nitrogen and oxygen atoms in total. The molecule has 4 heterocycles. The zero-order valence-electron chi connectivity index (χ0n) is 20.6. The molecular weight excluding hydrogens is 497 g/mol. The van der Waals surface area contributed by atoms with Gasteiger partial charge < -0.3 is 14.6 Å². The van der Waals surface area contributed by atoms with Gasteiger partial charge in [-0.1, -0.05) is 24.3 Å². The predicted octanol–water partition coefficient (Wildman–Crippen LogP) is 5.10. The molecule has 0 radical (unpaired) electrons. The summed E-state index contributed by atoms with van der Waals surface area (Å²) in [5.74, 6) is 2.07. The predicted molar refractivity (Wildman–Crippen MR) is 134 cm³/mol. The van der Waals surface area contributed by atoms with E-state index in [1.807, 2.05) is 34.9 Å². The highest BCUT2D eigenvalue weighted by Gasteiger charge is 2.34. The summed E-state index contributed by atoms with van der Waals surface area (Å²) >= 11 is 0. The standard InChI is InChI=1S/C26H23F3N8O/c1-36-13-18(26(27,28)29)33-23(36)17-7-5-15(6-8-17)12-30-25-35-22(34-19-4-3-11-37(19)25)20-21(16-9-10-16)31-14-32-24(20)38-2/h3-8,11,13-14,16H,9-10,12H2,1-2H3,(H,30,34,35). The number of imidazole rings is 1. The lowest BCUT2D eigenvalue weighted by Gasteiger charge is -2.14. The van der Waals surface area contributed by atoms with Gasteiger partial charge in [0.1, 0.15) is 23.4 Å². The van der Waals surface area contributed by atoms with E-state index in [4.69, 9.17) is 14.7 Å². The quantitative estimate of drug-likeness (QED) is 0.319. The number of hydrogen-bond acceptors (Lipinski definition) is 7. The summed E-state index contributed by atoms with van der Waals surface area (Å²) in [5.41, 5.74) is 2.88. The molecule has 0 unspecified atom stereocenters. The number of rotatable bonds is 7. The van der Waals surface area contributed by atoms with Crippen molar-refractivity contribution in [2.75, 3.05) is 12.4 Å². The first-order valence-electron chi connectivity index (χ1n) is 12.0. The summed E-state index contributed by atoms with van der Waals surface area (Å²) < 4.78 is 47.9. The molecule has 194 valence electrons. The molecule has 12 heteroatoms. The fourth-order valence-corrected chi connectivity index (χ4v) is 4.40. The lowest BCUT2D eigenvalue weighted by molar-refractivity contribution is -0.140. The molecule has 38 heavy (non-hydrogen) atoms. The molecule has 0 saturated heterocycles. The SMILES string of the molecule is COc1ncnc(C2CC2)c1-c1nc(NCc2ccc(-c3nc(C(F)(F)F)cn3C)cc2)n2cccc2n1. The highest BCUT2D eigenvalue weighted by Crippen LogP contribution is 2.45. The number of alkyl halides is 3. The summed E-state index contributed by atoms with van der Waals surface area (Å²) in [5, 5.41) is 3.36. The van der Waals surface area contributed by atoms with Gasteiger partial charge in [-0.25, -0.2) is 19.9 Å². The van der Waals surface area contributed by atoms with Crippen LogP contribution in [0.25, 0.3) is 28.4 Å². The minimum absolute atomic E-state index is 0.247. The van der Waals surface area contributed by atoms with Crippen molar-refractivity contribution < 1.29 is 17.9 Å². The highest BCUT2D eigenvalue weighted by atomic mass is 19.4. The Hall–Kier alpha value is -4.48. The highest BCUT2D eigenvalue weighted by molar-refractivity contribution is 5.69. The first kappa shape index (κ1) is 23.9. The topological polar surface area (TPSA) is 95.0 Å². The van der Waals surface area contributed by atoms with Gasteiger partial charge in [-0.2, -0.15) is 18.2 Å². The third-order valence-corrected chi connectivity index (χ3v) is 6.44. The number of aryl methyl sites for hydroxylation is 1. The molecule has 0 atom stereocenters. The zero-order valence-corrected chi connectivity index (χ0v) is 20.6. The second-order valence-electron chi connectivity index (χ2n) is 9.13. The lowest BCUT2D eigenvalue weighted by Crippen LogP contribution is -2.10. The molecule has 0 bridgehead atoms. The van der Waals surface area contributed by atoms with Crippen molar-refractivity contribution in [2.45, 2.75) is 31.5 Å². The smallest absolute Gasteiger partial charge is 0.434 e. The summed E-state index contributed by atoms with van der Waals surface area (Å²) in [4.78, 5) is 22.1. The van der Waals surface area contributed by atoms with E-state index < -0.39 is 11.9 Å². The molecular formula is C26H23F3N8O. The number of nitrogens with zero attached hydrogens (tertiary/aromatic N) is 7. The molecule has 0 aliphatic heterocycles. The second kappa shape index (κ2) is 9.12. The number of anilines is 1. The summed E-state index contributed by atoms with van der Waals surface area (Å²) in [6.07, 6.45) is 1.97. The van der Waals surface area contributed by atoms with Gasteiger partial charge in [-0.05, 0) is 30.5 Å². The van der Waals surface area contributed by atoms with Crippen LogP contribution in [-0.2, 0) is 19.8 Å². The number of halogens is 3. The van der Waals surface area contributed by atoms with Gasteiger partial charge in [0.15, 0.2) is 11.5 Å². The molecule has 0 spiro atoms. The van der Waals surface area contributed by atoms with Crippen LogP contribution in [0.4, 0.5) is 19.1 Å². The Morgan fingerprint density at radius 1 is 1.05 bits per heavy atom. The number of benzene rings is 1. The number of fused-ring (bicyclic) bond motifs is 1. The van der Waals surface area contributed by atoms with E-state index in [0.29, 0.717) is 46.9 Å². The van der Waals surface area contributed by atoms with Crippen LogP contribution in [0.2, 0.25) is 0 Å². The van der Waals surface area contributed by atoms with E-state index in [9.17, 15) is 13.2 Å². The molecule has 4 aromatic heterocycles. The first-order valence-corrected chi connectivity index (χ1v) is 12.0. The summed E-state index contributed by atoms with van der Waals surface area (Å²) in [7, 11) is 3.11. The Labute approximate surface area is 215 Å². The number of ether oxygens (including phenoxy) is 1. The Balaban J connectivity index is 1.28. The molecule has 6 rings (SSSR count). The van der Waals surface area contributed by atoms with Gasteiger partial charge >= 0.3 is 6.18 Å². The fraction of sp³-hybridized carbons (Fsp3) is 0.269. The van der Waals surface area contributed by atoms with E-state index in [1.165, 1.54) is 10.9 Å². The third kappa shape index (κ3) is 4.42. The molecule has 1 saturated carbocycles. The van der Waals surface area contributed by atoms with Crippen LogP contribution in [0.3, 0.4) is 0 Å². The van der Waals surface area contributed by atoms with Crippen molar-refractivity contribution in [3.63, 3.8) is 0 Å². The van der Waals surface area contributed by atoms with E-state index in [0.717, 1.165) is 30.3 Å². The maximum Gasteiger partial charge on any atom is 0.434 e. The second-order valence-corrected chi connectivity index (χ2v) is 9.13. The molecule has 1 N–H and O–H groups in total. The van der Waals surface area contributed by atoms with E-state index in [2.05, 4.69) is 20.3 Å². The van der Waals surface area contributed by atoms with Crippen molar-refractivity contribution >= 4 is 11.6 Å². The Morgan fingerprint density at radius 3 is 2.53 bits per heavy atom. The van der Waals surface area contributed by atoms with Gasteiger partial charge in [0, 0.05) is 37.5 Å². The largest absolute Gasteiger partial charge is 0.480 e. The average molecular weight is 521 g/mol. The van der Waals surface area contributed by atoms with Crippen LogP contribution in [-0.4, -0.2) is 41.0 Å². The summed E-state index contributed by atoms with van der Waals surface area (Å²) in [6, 6.07) is 11.0. The Morgan fingerprint density at radius 2 is 1.84 bits per heavy atom. The maximum absolute atomic E-state index is 13.0. The van der Waals surface area contributed by atoms with Gasteiger partial charge in [0.25, 0.3) is 0 Å². The van der Waals surface area contributed by atoms with Crippen molar-refractivity contribution in [3.8, 4) is 28.7 Å². The van der Waals surface area contributed by atoms with Crippen molar-refractivity contribution in [2.24, 2.45) is 7.05 Å². The van der Waals surface area contributed by atoms with E-state index in [1.54, 1.807) is 26.3 Å². The number of aromatic nitrogens is 7. The zero-order chi connectivity index (χ0) is 26.4. The van der Waals surface area contributed by atoms with Crippen molar-refractivity contribution in [3.05, 3.63) is 72.1 Å². The van der Waals surface area contributed by atoms with Gasteiger partial charge in [-0.15, -0.1) is 0 Å². The average Bonchev–Trinajstić information content (AvgIpc) is 3.51. The van der Waals surface area contributed by atoms with E-state index >= 15 is 0 Å². The Bertz CT molecular complexity index is 1620. The molecule has 1 aliphatic carbocycles. The molecule has 0 amide bonds.